The highest BCUT2D eigenvalue weighted by molar-refractivity contribution is 5.81. The van der Waals surface area contributed by atoms with Crippen LogP contribution in [-0.4, -0.2) is 91.6 Å². The Morgan fingerprint density at radius 2 is 1.57 bits per heavy atom. The number of carbonyl (C=O) groups is 6. The normalized spacial score (nSPS) is 28.3. The van der Waals surface area contributed by atoms with E-state index in [0.29, 0.717) is 31.2 Å². The van der Waals surface area contributed by atoms with Crippen molar-refractivity contribution in [3.05, 3.63) is 24.4 Å². The van der Waals surface area contributed by atoms with Crippen LogP contribution in [0.5, 0.6) is 0 Å². The number of hydrogen-bond acceptors (Lipinski definition) is 13. The SMILES string of the molecule is C=C(NCCCC(N)C(=O)NCCCC(=O)NC1C(OC(C)=O)[C@@H](OC(C)=O)C(C)(COC(C)=O)O[C@H]1OC(C)=O)C1C=CCC(C)C1C. The van der Waals surface area contributed by atoms with E-state index >= 15 is 0 Å². The van der Waals surface area contributed by atoms with Crippen LogP contribution in [0.2, 0.25) is 0 Å². The molecule has 5 N–H and O–H groups in total. The van der Waals surface area contributed by atoms with Crippen LogP contribution in [0.25, 0.3) is 0 Å². The third-order valence-electron chi connectivity index (χ3n) is 8.68. The Morgan fingerprint density at radius 3 is 2.18 bits per heavy atom. The van der Waals surface area contributed by atoms with Gasteiger partial charge in [0, 0.05) is 58.8 Å². The Kier molecular flexibility index (Phi) is 16.2. The molecular formula is C34H54N4O11. The van der Waals surface area contributed by atoms with E-state index in [1.54, 1.807) is 0 Å². The lowest BCUT2D eigenvalue weighted by atomic mass is 9.77. The Morgan fingerprint density at radius 1 is 0.939 bits per heavy atom. The van der Waals surface area contributed by atoms with Gasteiger partial charge in [0.25, 0.3) is 0 Å². The first-order valence-electron chi connectivity index (χ1n) is 16.7. The molecule has 0 spiro atoms. The van der Waals surface area contributed by atoms with Gasteiger partial charge in [-0.1, -0.05) is 32.6 Å². The maximum atomic E-state index is 13.1. The molecule has 1 aliphatic heterocycles. The van der Waals surface area contributed by atoms with E-state index in [2.05, 4.69) is 48.5 Å². The summed E-state index contributed by atoms with van der Waals surface area (Å²) in [5.74, 6) is -2.56. The van der Waals surface area contributed by atoms with Gasteiger partial charge < -0.3 is 45.4 Å². The lowest BCUT2D eigenvalue weighted by molar-refractivity contribution is -0.304. The van der Waals surface area contributed by atoms with E-state index in [1.807, 2.05) is 0 Å². The van der Waals surface area contributed by atoms with Gasteiger partial charge in [-0.05, 0) is 44.4 Å². The lowest BCUT2D eigenvalue weighted by Crippen LogP contribution is -2.71. The molecule has 0 aromatic heterocycles. The molecule has 1 aliphatic carbocycles. The van der Waals surface area contributed by atoms with Crippen LogP contribution in [0.15, 0.2) is 24.4 Å². The van der Waals surface area contributed by atoms with E-state index in [1.165, 1.54) is 6.92 Å². The molecule has 1 saturated heterocycles. The average Bonchev–Trinajstić information content (AvgIpc) is 3.00. The van der Waals surface area contributed by atoms with E-state index in [0.717, 1.165) is 39.8 Å². The predicted octanol–water partition coefficient (Wildman–Crippen LogP) is 1.53. The van der Waals surface area contributed by atoms with Gasteiger partial charge in [0.15, 0.2) is 12.2 Å². The summed E-state index contributed by atoms with van der Waals surface area (Å²) < 4.78 is 27.3. The van der Waals surface area contributed by atoms with Gasteiger partial charge in [0.2, 0.25) is 18.1 Å². The fourth-order valence-electron chi connectivity index (χ4n) is 5.85. The highest BCUT2D eigenvalue weighted by atomic mass is 16.7. The van der Waals surface area contributed by atoms with Crippen LogP contribution in [0, 0.1) is 17.8 Å². The van der Waals surface area contributed by atoms with Crippen molar-refractivity contribution in [1.29, 1.82) is 0 Å². The molecule has 2 rings (SSSR count). The Labute approximate surface area is 288 Å². The Bertz CT molecular complexity index is 1240. The number of carbonyl (C=O) groups excluding carboxylic acids is 6. The number of nitrogens with one attached hydrogen (secondary N) is 3. The summed E-state index contributed by atoms with van der Waals surface area (Å²) in [4.78, 5) is 73.4. The molecule has 2 aliphatic rings. The fourth-order valence-corrected chi connectivity index (χ4v) is 5.85. The van der Waals surface area contributed by atoms with Crippen molar-refractivity contribution in [3.8, 4) is 0 Å². The minimum absolute atomic E-state index is 0.0900. The van der Waals surface area contributed by atoms with Crippen molar-refractivity contribution in [1.82, 2.24) is 16.0 Å². The minimum atomic E-state index is -1.64. The topological polar surface area (TPSA) is 211 Å². The number of nitrogens with two attached hydrogens (primary N) is 1. The standard InChI is InChI=1S/C34H54N4O11/c1-19-12-9-13-26(20(19)2)21(3)36-16-10-14-27(35)32(44)37-17-11-15-28(43)38-29-30(46-23(5)40)31(47-24(6)41)34(8,18-45-22(4)39)49-33(29)48-25(7)42/h9,13,19-20,26-27,29-31,33,36H,3,10-12,14-18,35H2,1-2,4-8H3,(H,37,44)(H,38,43)/t19?,20?,26?,27?,29?,30?,31-,33-,34?/m1/s1. The molecule has 9 atom stereocenters. The fraction of sp³-hybridized carbons (Fsp3) is 0.706. The van der Waals surface area contributed by atoms with Crippen molar-refractivity contribution < 1.29 is 52.5 Å². The second-order valence-electron chi connectivity index (χ2n) is 13.0. The van der Waals surface area contributed by atoms with Gasteiger partial charge >= 0.3 is 23.9 Å². The van der Waals surface area contributed by atoms with Gasteiger partial charge in [-0.25, -0.2) is 0 Å². The molecular weight excluding hydrogens is 640 g/mol. The highest BCUT2D eigenvalue weighted by Gasteiger charge is 2.58. The van der Waals surface area contributed by atoms with Crippen LogP contribution in [0.3, 0.4) is 0 Å². The van der Waals surface area contributed by atoms with Gasteiger partial charge in [-0.15, -0.1) is 0 Å². The predicted molar refractivity (Wildman–Crippen MR) is 177 cm³/mol. The number of amides is 2. The maximum absolute atomic E-state index is 13.1. The zero-order valence-electron chi connectivity index (χ0n) is 29.7. The number of rotatable bonds is 17. The first-order chi connectivity index (χ1) is 22.9. The average molecular weight is 695 g/mol. The minimum Gasteiger partial charge on any atom is -0.463 e. The van der Waals surface area contributed by atoms with Gasteiger partial charge in [-0.3, -0.25) is 28.8 Å². The van der Waals surface area contributed by atoms with E-state index in [4.69, 9.17) is 29.4 Å². The summed E-state index contributed by atoms with van der Waals surface area (Å²) in [6, 6.07) is -2.05. The molecule has 276 valence electrons. The summed E-state index contributed by atoms with van der Waals surface area (Å²) in [5.41, 5.74) is 5.41. The first kappa shape index (κ1) is 41.2. The number of ether oxygens (including phenoxy) is 5. The largest absolute Gasteiger partial charge is 0.463 e. The van der Waals surface area contributed by atoms with Crippen molar-refractivity contribution in [3.63, 3.8) is 0 Å². The van der Waals surface area contributed by atoms with Crippen molar-refractivity contribution >= 4 is 35.7 Å². The monoisotopic (exact) mass is 694 g/mol. The molecule has 0 radical (unpaired) electrons. The van der Waals surface area contributed by atoms with Crippen LogP contribution in [-0.2, 0) is 52.5 Å². The summed E-state index contributed by atoms with van der Waals surface area (Å²) >= 11 is 0. The number of esters is 4. The summed E-state index contributed by atoms with van der Waals surface area (Å²) in [7, 11) is 0. The Hall–Kier alpha value is -3.98. The zero-order valence-corrected chi connectivity index (χ0v) is 29.7. The summed E-state index contributed by atoms with van der Waals surface area (Å²) in [6.45, 7) is 14.9. The van der Waals surface area contributed by atoms with Crippen molar-refractivity contribution in [2.45, 2.75) is 117 Å². The maximum Gasteiger partial charge on any atom is 0.305 e. The molecule has 2 amide bonds. The number of hydrogen-bond donors (Lipinski definition) is 4. The molecule has 0 bridgehead atoms. The smallest absolute Gasteiger partial charge is 0.305 e. The second-order valence-corrected chi connectivity index (χ2v) is 13.0. The summed E-state index contributed by atoms with van der Waals surface area (Å²) in [6.07, 6.45) is 2.41. The number of allylic oxidation sites excluding steroid dienone is 2. The first-order valence-corrected chi connectivity index (χ1v) is 16.7. The van der Waals surface area contributed by atoms with Crippen molar-refractivity contribution in [2.24, 2.45) is 23.5 Å². The molecule has 7 unspecified atom stereocenters. The van der Waals surface area contributed by atoms with E-state index in [-0.39, 0.29) is 31.2 Å². The van der Waals surface area contributed by atoms with Crippen LogP contribution >= 0.6 is 0 Å². The van der Waals surface area contributed by atoms with Crippen LogP contribution in [0.4, 0.5) is 0 Å². The third-order valence-corrected chi connectivity index (χ3v) is 8.68. The van der Waals surface area contributed by atoms with Gasteiger partial charge in [0.1, 0.15) is 18.2 Å². The second kappa shape index (κ2) is 19.3. The van der Waals surface area contributed by atoms with E-state index in [9.17, 15) is 28.8 Å². The lowest BCUT2D eigenvalue weighted by Gasteiger charge is -2.49. The quantitative estimate of drug-likeness (QED) is 0.0738. The van der Waals surface area contributed by atoms with Gasteiger partial charge in [-0.2, -0.15) is 0 Å². The molecule has 15 heteroatoms. The molecule has 0 saturated carbocycles. The third kappa shape index (κ3) is 13.1. The molecule has 1 heterocycles. The van der Waals surface area contributed by atoms with Crippen LogP contribution < -0.4 is 21.7 Å². The van der Waals surface area contributed by atoms with E-state index < -0.39 is 72.6 Å². The molecule has 0 aromatic carbocycles. The molecule has 15 nitrogen and oxygen atoms in total. The van der Waals surface area contributed by atoms with Gasteiger partial charge in [0.05, 0.1) is 6.04 Å². The zero-order chi connectivity index (χ0) is 36.9. The van der Waals surface area contributed by atoms with Crippen molar-refractivity contribution in [2.75, 3.05) is 19.7 Å². The van der Waals surface area contributed by atoms with Crippen LogP contribution in [0.1, 0.15) is 80.6 Å². The molecule has 49 heavy (non-hydrogen) atoms. The summed E-state index contributed by atoms with van der Waals surface area (Å²) in [5, 5.41) is 8.74. The Balaban J connectivity index is 1.94. The molecule has 0 aromatic rings. The molecule has 1 fully saturated rings. The highest BCUT2D eigenvalue weighted by Crippen LogP contribution is 2.36.